The zero-order valence-corrected chi connectivity index (χ0v) is 11.5. The molecule has 102 valence electrons. The van der Waals surface area contributed by atoms with Crippen LogP contribution in [0, 0.1) is 17.1 Å². The number of halogens is 2. The van der Waals surface area contributed by atoms with Gasteiger partial charge in [-0.2, -0.15) is 5.26 Å². The van der Waals surface area contributed by atoms with E-state index >= 15 is 0 Å². The van der Waals surface area contributed by atoms with E-state index in [1.165, 1.54) is 30.3 Å². The maximum Gasteiger partial charge on any atom is 0.264 e. The Morgan fingerprint density at radius 3 is 2.50 bits per heavy atom. The zero-order valence-electron chi connectivity index (χ0n) is 9.97. The molecule has 0 heterocycles. The predicted octanol–water partition coefficient (Wildman–Crippen LogP) is 3.15. The second kappa shape index (κ2) is 5.49. The van der Waals surface area contributed by atoms with Crippen LogP contribution in [0.25, 0.3) is 0 Å². The van der Waals surface area contributed by atoms with Gasteiger partial charge in [0.1, 0.15) is 10.7 Å². The molecule has 0 atom stereocenters. The topological polar surface area (TPSA) is 70.0 Å². The number of nitrogens with zero attached hydrogens (tertiary/aromatic N) is 1. The Bertz CT molecular complexity index is 800. The molecule has 0 aromatic heterocycles. The summed E-state index contributed by atoms with van der Waals surface area (Å²) >= 11 is 5.87. The SMILES string of the molecule is N#Cc1ccc(NS(=O)(=O)c2ccccc2F)c(Cl)c1. The highest BCUT2D eigenvalue weighted by atomic mass is 35.5. The van der Waals surface area contributed by atoms with Gasteiger partial charge in [-0.05, 0) is 30.3 Å². The van der Waals surface area contributed by atoms with Gasteiger partial charge in [-0.1, -0.05) is 23.7 Å². The second-order valence-corrected chi connectivity index (χ2v) is 5.90. The minimum atomic E-state index is -4.08. The number of sulfonamides is 1. The third-order valence-corrected chi connectivity index (χ3v) is 4.18. The average molecular weight is 311 g/mol. The first-order valence-corrected chi connectivity index (χ1v) is 7.27. The standard InChI is InChI=1S/C13H8ClFN2O2S/c14-10-7-9(8-16)5-6-12(10)17-20(18,19)13-4-2-1-3-11(13)15/h1-7,17H. The van der Waals surface area contributed by atoms with Gasteiger partial charge in [-0.25, -0.2) is 12.8 Å². The summed E-state index contributed by atoms with van der Waals surface area (Å²) in [7, 11) is -4.08. The molecule has 20 heavy (non-hydrogen) atoms. The van der Waals surface area contributed by atoms with Crippen LogP contribution in [0.5, 0.6) is 0 Å². The normalized spacial score (nSPS) is 10.8. The Hall–Kier alpha value is -2.10. The van der Waals surface area contributed by atoms with Crippen molar-refractivity contribution >= 4 is 27.3 Å². The van der Waals surface area contributed by atoms with Gasteiger partial charge in [0.25, 0.3) is 10.0 Å². The van der Waals surface area contributed by atoms with Crippen molar-refractivity contribution in [1.82, 2.24) is 0 Å². The zero-order chi connectivity index (χ0) is 14.8. The van der Waals surface area contributed by atoms with Crippen molar-refractivity contribution in [2.24, 2.45) is 0 Å². The van der Waals surface area contributed by atoms with Crippen LogP contribution in [0.1, 0.15) is 5.56 Å². The van der Waals surface area contributed by atoms with Crippen molar-refractivity contribution in [1.29, 1.82) is 5.26 Å². The Labute approximate surface area is 120 Å². The fraction of sp³-hybridized carbons (Fsp3) is 0. The van der Waals surface area contributed by atoms with Gasteiger partial charge < -0.3 is 0 Å². The number of hydrogen-bond acceptors (Lipinski definition) is 3. The molecule has 2 aromatic carbocycles. The Morgan fingerprint density at radius 2 is 1.90 bits per heavy atom. The van der Waals surface area contributed by atoms with Crippen LogP contribution in [0.3, 0.4) is 0 Å². The van der Waals surface area contributed by atoms with Gasteiger partial charge in [-0.3, -0.25) is 4.72 Å². The lowest BCUT2D eigenvalue weighted by Crippen LogP contribution is -2.14. The van der Waals surface area contributed by atoms with Crippen LogP contribution in [-0.2, 0) is 10.0 Å². The van der Waals surface area contributed by atoms with Gasteiger partial charge in [0, 0.05) is 0 Å². The minimum absolute atomic E-state index is 0.0592. The van der Waals surface area contributed by atoms with Crippen molar-refractivity contribution in [3.63, 3.8) is 0 Å². The lowest BCUT2D eigenvalue weighted by Gasteiger charge is -2.10. The van der Waals surface area contributed by atoms with E-state index in [-0.39, 0.29) is 10.7 Å². The van der Waals surface area contributed by atoms with Crippen LogP contribution in [0.15, 0.2) is 47.4 Å². The molecule has 2 aromatic rings. The number of rotatable bonds is 3. The fourth-order valence-electron chi connectivity index (χ4n) is 1.53. The van der Waals surface area contributed by atoms with Crippen LogP contribution >= 0.6 is 11.6 Å². The largest absolute Gasteiger partial charge is 0.278 e. The van der Waals surface area contributed by atoms with Crippen molar-refractivity contribution in [3.8, 4) is 6.07 Å². The van der Waals surface area contributed by atoms with E-state index in [1.54, 1.807) is 0 Å². The molecule has 0 saturated heterocycles. The minimum Gasteiger partial charge on any atom is -0.278 e. The summed E-state index contributed by atoms with van der Waals surface area (Å²) in [5.41, 5.74) is 0.373. The summed E-state index contributed by atoms with van der Waals surface area (Å²) in [6, 6.07) is 11.0. The van der Waals surface area contributed by atoms with Crippen LogP contribution in [0.2, 0.25) is 5.02 Å². The Balaban J connectivity index is 2.40. The van der Waals surface area contributed by atoms with Gasteiger partial charge in [0.05, 0.1) is 22.3 Å². The summed E-state index contributed by atoms with van der Waals surface area (Å²) in [6.45, 7) is 0. The molecule has 2 rings (SSSR count). The smallest absolute Gasteiger partial charge is 0.264 e. The number of nitriles is 1. The van der Waals surface area contributed by atoms with Crippen LogP contribution in [0.4, 0.5) is 10.1 Å². The highest BCUT2D eigenvalue weighted by Crippen LogP contribution is 2.26. The molecular formula is C13H8ClFN2O2S. The fourth-order valence-corrected chi connectivity index (χ4v) is 2.97. The molecule has 0 amide bonds. The molecule has 0 radical (unpaired) electrons. The van der Waals surface area contributed by atoms with E-state index < -0.39 is 20.7 Å². The van der Waals surface area contributed by atoms with E-state index in [0.717, 1.165) is 12.1 Å². The van der Waals surface area contributed by atoms with Gasteiger partial charge >= 0.3 is 0 Å². The molecule has 0 saturated carbocycles. The van der Waals surface area contributed by atoms with E-state index in [2.05, 4.69) is 4.72 Å². The number of anilines is 1. The molecule has 0 spiro atoms. The quantitative estimate of drug-likeness (QED) is 0.946. The predicted molar refractivity (Wildman–Crippen MR) is 73.4 cm³/mol. The molecule has 0 unspecified atom stereocenters. The maximum absolute atomic E-state index is 13.5. The lowest BCUT2D eigenvalue weighted by molar-refractivity contribution is 0.570. The molecule has 1 N–H and O–H groups in total. The molecule has 0 aliphatic heterocycles. The summed E-state index contributed by atoms with van der Waals surface area (Å²) in [6.07, 6.45) is 0. The van der Waals surface area contributed by atoms with Crippen LogP contribution < -0.4 is 4.72 Å². The molecule has 0 fully saturated rings. The first-order chi connectivity index (χ1) is 9.44. The van der Waals surface area contributed by atoms with Crippen molar-refractivity contribution < 1.29 is 12.8 Å². The molecule has 4 nitrogen and oxygen atoms in total. The molecule has 0 aliphatic carbocycles. The summed E-state index contributed by atoms with van der Waals surface area (Å²) in [5, 5.41) is 8.76. The molecule has 0 bridgehead atoms. The van der Waals surface area contributed by atoms with Crippen molar-refractivity contribution in [2.45, 2.75) is 4.90 Å². The Kier molecular flexibility index (Phi) is 3.93. The molecule has 7 heteroatoms. The van der Waals surface area contributed by atoms with Crippen molar-refractivity contribution in [2.75, 3.05) is 4.72 Å². The maximum atomic E-state index is 13.5. The summed E-state index contributed by atoms with van der Waals surface area (Å²) in [4.78, 5) is -0.472. The number of hydrogen-bond donors (Lipinski definition) is 1. The number of nitrogens with one attached hydrogen (secondary N) is 1. The Morgan fingerprint density at radius 1 is 1.20 bits per heavy atom. The summed E-state index contributed by atoms with van der Waals surface area (Å²) < 4.78 is 39.8. The second-order valence-electron chi connectivity index (χ2n) is 3.84. The first kappa shape index (κ1) is 14.3. The molecular weight excluding hydrogens is 303 g/mol. The monoisotopic (exact) mass is 310 g/mol. The third kappa shape index (κ3) is 2.90. The number of benzene rings is 2. The van der Waals surface area contributed by atoms with Crippen LogP contribution in [-0.4, -0.2) is 8.42 Å². The van der Waals surface area contributed by atoms with E-state index in [1.807, 2.05) is 6.07 Å². The molecule has 0 aliphatic rings. The van der Waals surface area contributed by atoms with E-state index in [4.69, 9.17) is 16.9 Å². The van der Waals surface area contributed by atoms with E-state index in [9.17, 15) is 12.8 Å². The van der Waals surface area contributed by atoms with Crippen molar-refractivity contribution in [3.05, 3.63) is 58.9 Å². The van der Waals surface area contributed by atoms with Gasteiger partial charge in [0.2, 0.25) is 0 Å². The van der Waals surface area contributed by atoms with Gasteiger partial charge in [0.15, 0.2) is 0 Å². The lowest BCUT2D eigenvalue weighted by atomic mass is 10.2. The highest BCUT2D eigenvalue weighted by molar-refractivity contribution is 7.92. The van der Waals surface area contributed by atoms with Gasteiger partial charge in [-0.15, -0.1) is 0 Å². The van der Waals surface area contributed by atoms with E-state index in [0.29, 0.717) is 5.56 Å². The highest BCUT2D eigenvalue weighted by Gasteiger charge is 2.19. The third-order valence-electron chi connectivity index (χ3n) is 2.47. The summed E-state index contributed by atoms with van der Waals surface area (Å²) in [5.74, 6) is -0.857. The average Bonchev–Trinajstić information content (AvgIpc) is 2.41. The first-order valence-electron chi connectivity index (χ1n) is 5.41.